The minimum absolute atomic E-state index is 0.0793. The molecule has 21 heavy (non-hydrogen) atoms. The first-order valence-corrected chi connectivity index (χ1v) is 8.98. The number of carbonyl (C=O) groups is 1. The van der Waals surface area contributed by atoms with Gasteiger partial charge in [0.2, 0.25) is 0 Å². The van der Waals surface area contributed by atoms with Crippen LogP contribution in [0.15, 0.2) is 23.4 Å². The molecule has 0 radical (unpaired) electrons. The molecule has 0 aliphatic carbocycles. The van der Waals surface area contributed by atoms with Gasteiger partial charge in [-0.25, -0.2) is 4.79 Å². The summed E-state index contributed by atoms with van der Waals surface area (Å²) in [7, 11) is 0. The summed E-state index contributed by atoms with van der Waals surface area (Å²) in [4.78, 5) is 16.4. The second-order valence-corrected chi connectivity index (χ2v) is 7.38. The number of carbonyl (C=O) groups excluding carboxylic acids is 1. The van der Waals surface area contributed by atoms with Crippen LogP contribution in [0.3, 0.4) is 0 Å². The number of rotatable bonds is 3. The Morgan fingerprint density at radius 1 is 1.43 bits per heavy atom. The van der Waals surface area contributed by atoms with E-state index in [0.29, 0.717) is 21.6 Å². The van der Waals surface area contributed by atoms with E-state index in [4.69, 9.17) is 33.8 Å². The van der Waals surface area contributed by atoms with Crippen molar-refractivity contribution in [1.29, 1.82) is 0 Å². The Morgan fingerprint density at radius 2 is 2.24 bits per heavy atom. The van der Waals surface area contributed by atoms with E-state index in [2.05, 4.69) is 10.5 Å². The number of hydrogen-bond acceptors (Lipinski definition) is 5. The molecule has 1 fully saturated rings. The van der Waals surface area contributed by atoms with Crippen molar-refractivity contribution in [3.8, 4) is 0 Å². The monoisotopic (exact) mass is 365 g/mol. The molecule has 1 amide bonds. The van der Waals surface area contributed by atoms with Gasteiger partial charge in [-0.15, -0.1) is 11.8 Å². The van der Waals surface area contributed by atoms with Crippen molar-refractivity contribution in [3.63, 3.8) is 0 Å². The molecule has 0 bridgehead atoms. The summed E-state index contributed by atoms with van der Waals surface area (Å²) in [5.41, 5.74) is 6.20. The second kappa shape index (κ2) is 8.03. The predicted molar refractivity (Wildman–Crippen MR) is 91.8 cm³/mol. The standard InChI is InChI=1S/C12H13Cl2N3O2S2/c13-7-1-2-9(8(14)5-7)16-12(18)19-17-11(15)10-6-20-3-4-21-10/h1-2,5,10H,3-4,6H2,(H2,15,17)(H,16,18). The van der Waals surface area contributed by atoms with E-state index in [-0.39, 0.29) is 5.25 Å². The number of oxime groups is 1. The highest BCUT2D eigenvalue weighted by atomic mass is 35.5. The van der Waals surface area contributed by atoms with Crippen LogP contribution in [-0.2, 0) is 4.84 Å². The van der Waals surface area contributed by atoms with Crippen LogP contribution in [0.5, 0.6) is 0 Å². The molecule has 5 nitrogen and oxygen atoms in total. The van der Waals surface area contributed by atoms with E-state index in [1.165, 1.54) is 6.07 Å². The molecule has 0 aromatic heterocycles. The lowest BCUT2D eigenvalue weighted by Crippen LogP contribution is -2.31. The first kappa shape index (κ1) is 16.6. The molecule has 1 aromatic carbocycles. The van der Waals surface area contributed by atoms with Gasteiger partial charge in [0, 0.05) is 22.3 Å². The van der Waals surface area contributed by atoms with Crippen LogP contribution in [0.25, 0.3) is 0 Å². The molecule has 3 N–H and O–H groups in total. The van der Waals surface area contributed by atoms with Crippen molar-refractivity contribution >= 4 is 64.3 Å². The number of nitrogens with zero attached hydrogens (tertiary/aromatic N) is 1. The lowest BCUT2D eigenvalue weighted by molar-refractivity contribution is 0.166. The Morgan fingerprint density at radius 3 is 2.90 bits per heavy atom. The first-order valence-electron chi connectivity index (χ1n) is 6.02. The number of amides is 1. The van der Waals surface area contributed by atoms with Gasteiger partial charge >= 0.3 is 6.09 Å². The van der Waals surface area contributed by atoms with Crippen LogP contribution in [0.2, 0.25) is 10.0 Å². The molecule has 0 spiro atoms. The Kier molecular flexibility index (Phi) is 6.35. The maximum absolute atomic E-state index is 11.6. The second-order valence-electron chi connectivity index (χ2n) is 4.08. The lowest BCUT2D eigenvalue weighted by Gasteiger charge is -2.19. The maximum atomic E-state index is 11.6. The molecule has 1 heterocycles. The van der Waals surface area contributed by atoms with Gasteiger partial charge in [0.05, 0.1) is 16.0 Å². The number of nitrogens with one attached hydrogen (secondary N) is 1. The smallest absolute Gasteiger partial charge is 0.383 e. The van der Waals surface area contributed by atoms with Gasteiger partial charge in [0.15, 0.2) is 5.84 Å². The summed E-state index contributed by atoms with van der Waals surface area (Å²) in [5.74, 6) is 3.29. The lowest BCUT2D eigenvalue weighted by atomic mass is 10.3. The highest BCUT2D eigenvalue weighted by Crippen LogP contribution is 2.26. The molecule has 1 unspecified atom stereocenters. The Labute approximate surface area is 140 Å². The third-order valence-corrected chi connectivity index (χ3v) is 5.88. The molecular weight excluding hydrogens is 353 g/mol. The van der Waals surface area contributed by atoms with Crippen LogP contribution in [0.4, 0.5) is 10.5 Å². The topological polar surface area (TPSA) is 76.7 Å². The Bertz CT molecular complexity index is 551. The third-order valence-electron chi connectivity index (χ3n) is 2.55. The number of anilines is 1. The quantitative estimate of drug-likeness (QED) is 0.370. The van der Waals surface area contributed by atoms with Crippen molar-refractivity contribution in [2.24, 2.45) is 10.9 Å². The number of benzene rings is 1. The molecule has 0 saturated carbocycles. The summed E-state index contributed by atoms with van der Waals surface area (Å²) < 4.78 is 0. The normalized spacial score (nSPS) is 19.1. The average molecular weight is 366 g/mol. The van der Waals surface area contributed by atoms with Gasteiger partial charge in [-0.1, -0.05) is 28.4 Å². The number of nitrogens with two attached hydrogens (primary N) is 1. The van der Waals surface area contributed by atoms with Crippen LogP contribution >= 0.6 is 46.7 Å². The molecule has 1 aromatic rings. The zero-order valence-electron chi connectivity index (χ0n) is 10.8. The molecule has 1 aliphatic rings. The fraction of sp³-hybridized carbons (Fsp3) is 0.333. The molecule has 1 aliphatic heterocycles. The van der Waals surface area contributed by atoms with E-state index in [1.807, 2.05) is 0 Å². The Balaban J connectivity index is 1.89. The zero-order chi connectivity index (χ0) is 15.2. The van der Waals surface area contributed by atoms with Crippen molar-refractivity contribution < 1.29 is 9.63 Å². The third kappa shape index (κ3) is 5.18. The number of halogens is 2. The fourth-order valence-electron chi connectivity index (χ4n) is 1.54. The van der Waals surface area contributed by atoms with Gasteiger partial charge in [-0.05, 0) is 18.2 Å². The van der Waals surface area contributed by atoms with E-state index in [0.717, 1.165) is 17.3 Å². The molecule has 1 saturated heterocycles. The number of hydrogen-bond donors (Lipinski definition) is 2. The summed E-state index contributed by atoms with van der Waals surface area (Å²) in [6.07, 6.45) is -0.754. The summed E-state index contributed by atoms with van der Waals surface area (Å²) in [5, 5.41) is 7.01. The van der Waals surface area contributed by atoms with Crippen LogP contribution in [0.1, 0.15) is 0 Å². The average Bonchev–Trinajstić information content (AvgIpc) is 2.48. The highest BCUT2D eigenvalue weighted by Gasteiger charge is 2.19. The van der Waals surface area contributed by atoms with E-state index < -0.39 is 6.09 Å². The molecule has 114 valence electrons. The zero-order valence-corrected chi connectivity index (χ0v) is 14.0. The number of thioether (sulfide) groups is 2. The molecule has 2 rings (SSSR count). The van der Waals surface area contributed by atoms with E-state index >= 15 is 0 Å². The largest absolute Gasteiger partial charge is 0.437 e. The van der Waals surface area contributed by atoms with Crippen LogP contribution < -0.4 is 11.1 Å². The minimum atomic E-state index is -0.754. The van der Waals surface area contributed by atoms with E-state index in [1.54, 1.807) is 35.7 Å². The highest BCUT2D eigenvalue weighted by molar-refractivity contribution is 8.07. The van der Waals surface area contributed by atoms with Crippen molar-refractivity contribution in [1.82, 2.24) is 0 Å². The van der Waals surface area contributed by atoms with Gasteiger partial charge in [0.1, 0.15) is 0 Å². The van der Waals surface area contributed by atoms with Gasteiger partial charge in [-0.3, -0.25) is 10.2 Å². The van der Waals surface area contributed by atoms with Crippen molar-refractivity contribution in [3.05, 3.63) is 28.2 Å². The van der Waals surface area contributed by atoms with Crippen molar-refractivity contribution in [2.45, 2.75) is 5.25 Å². The van der Waals surface area contributed by atoms with Crippen molar-refractivity contribution in [2.75, 3.05) is 22.6 Å². The van der Waals surface area contributed by atoms with Crippen LogP contribution in [0, 0.1) is 0 Å². The van der Waals surface area contributed by atoms with Gasteiger partial charge in [0.25, 0.3) is 0 Å². The maximum Gasteiger partial charge on any atom is 0.437 e. The SMILES string of the molecule is NC(=NOC(=O)Nc1ccc(Cl)cc1Cl)C1CSCCS1. The van der Waals surface area contributed by atoms with Crippen LogP contribution in [-0.4, -0.2) is 34.4 Å². The van der Waals surface area contributed by atoms with Gasteiger partial charge in [-0.2, -0.15) is 11.8 Å². The predicted octanol–water partition coefficient (Wildman–Crippen LogP) is 3.66. The van der Waals surface area contributed by atoms with E-state index in [9.17, 15) is 4.79 Å². The molecule has 9 heteroatoms. The molecule has 1 atom stereocenters. The summed E-state index contributed by atoms with van der Waals surface area (Å²) >= 11 is 15.2. The molecular formula is C12H13Cl2N3O2S2. The van der Waals surface area contributed by atoms with Gasteiger partial charge < -0.3 is 5.73 Å². The minimum Gasteiger partial charge on any atom is -0.383 e. The fourth-order valence-corrected chi connectivity index (χ4v) is 4.57. The Hall–Kier alpha value is -0.760. The summed E-state index contributed by atoms with van der Waals surface area (Å²) in [6.45, 7) is 0. The number of amidine groups is 1. The summed E-state index contributed by atoms with van der Waals surface area (Å²) in [6, 6.07) is 4.70. The first-order chi connectivity index (χ1) is 10.1.